The zero-order valence-electron chi connectivity index (χ0n) is 11.7. The third-order valence-corrected chi connectivity index (χ3v) is 3.86. The molecule has 0 saturated carbocycles. The van der Waals surface area contributed by atoms with Crippen molar-refractivity contribution in [3.05, 3.63) is 35.9 Å². The molecule has 0 amide bonds. The van der Waals surface area contributed by atoms with E-state index in [1.54, 1.807) is 12.1 Å². The van der Waals surface area contributed by atoms with Gasteiger partial charge in [0.25, 0.3) is 0 Å². The van der Waals surface area contributed by atoms with E-state index in [2.05, 4.69) is 10.3 Å². The summed E-state index contributed by atoms with van der Waals surface area (Å²) in [6.07, 6.45) is 2.07. The number of nitrogens with one attached hydrogen (secondary N) is 1. The van der Waals surface area contributed by atoms with Crippen LogP contribution in [0.1, 0.15) is 23.2 Å². The summed E-state index contributed by atoms with van der Waals surface area (Å²) in [5.41, 5.74) is 0.988. The number of aromatic nitrogens is 1. The first kappa shape index (κ1) is 13.8. The molecular weight excluding hydrogens is 268 g/mol. The number of fused-ring (bicyclic) bond motifs is 1. The molecule has 2 aromatic rings. The van der Waals surface area contributed by atoms with Crippen molar-refractivity contribution in [2.75, 3.05) is 25.1 Å². The maximum Gasteiger partial charge on any atom is 0.336 e. The number of hydrogen-bond donors (Lipinski definition) is 2. The second-order valence-corrected chi connectivity index (χ2v) is 5.31. The number of anilines is 1. The molecule has 0 atom stereocenters. The number of ether oxygens (including phenoxy) is 1. The monoisotopic (exact) mass is 286 g/mol. The van der Waals surface area contributed by atoms with Crippen molar-refractivity contribution in [3.8, 4) is 0 Å². The average Bonchev–Trinajstić information content (AvgIpc) is 2.53. The van der Waals surface area contributed by atoms with Gasteiger partial charge in [-0.15, -0.1) is 0 Å². The molecule has 0 radical (unpaired) electrons. The highest BCUT2D eigenvalue weighted by Crippen LogP contribution is 2.22. The molecule has 5 nitrogen and oxygen atoms in total. The largest absolute Gasteiger partial charge is 0.478 e. The van der Waals surface area contributed by atoms with Crippen LogP contribution in [0.25, 0.3) is 10.9 Å². The Morgan fingerprint density at radius 3 is 2.86 bits per heavy atom. The average molecular weight is 286 g/mol. The van der Waals surface area contributed by atoms with Gasteiger partial charge >= 0.3 is 5.97 Å². The summed E-state index contributed by atoms with van der Waals surface area (Å²) in [6.45, 7) is 2.41. The van der Waals surface area contributed by atoms with E-state index in [1.165, 1.54) is 0 Å². The molecule has 3 rings (SSSR count). The van der Waals surface area contributed by atoms with Crippen molar-refractivity contribution in [2.45, 2.75) is 12.8 Å². The van der Waals surface area contributed by atoms with Crippen molar-refractivity contribution in [2.24, 2.45) is 5.92 Å². The molecule has 0 spiro atoms. The molecule has 1 aliphatic heterocycles. The van der Waals surface area contributed by atoms with Crippen LogP contribution in [0.3, 0.4) is 0 Å². The standard InChI is InChI=1S/C16H18N2O3/c19-16(20)13-9-15(17-10-11-5-7-21-8-6-11)18-14-4-2-1-3-12(13)14/h1-4,9,11H,5-8,10H2,(H,17,18)(H,19,20). The van der Waals surface area contributed by atoms with E-state index in [4.69, 9.17) is 4.74 Å². The normalized spacial score (nSPS) is 16.0. The van der Waals surface area contributed by atoms with E-state index in [1.807, 2.05) is 18.2 Å². The first-order valence-corrected chi connectivity index (χ1v) is 7.19. The maximum atomic E-state index is 11.4. The number of carbonyl (C=O) groups is 1. The fourth-order valence-electron chi connectivity index (χ4n) is 2.64. The Labute approximate surface area is 123 Å². The van der Waals surface area contributed by atoms with Gasteiger partial charge in [0.2, 0.25) is 0 Å². The highest BCUT2D eigenvalue weighted by atomic mass is 16.5. The quantitative estimate of drug-likeness (QED) is 0.904. The predicted molar refractivity (Wildman–Crippen MR) is 80.7 cm³/mol. The number of carboxylic acids is 1. The van der Waals surface area contributed by atoms with Crippen LogP contribution in [0.5, 0.6) is 0 Å². The zero-order valence-corrected chi connectivity index (χ0v) is 11.7. The van der Waals surface area contributed by atoms with Crippen LogP contribution >= 0.6 is 0 Å². The van der Waals surface area contributed by atoms with Crippen LogP contribution in [0.4, 0.5) is 5.82 Å². The lowest BCUT2D eigenvalue weighted by atomic mass is 10.0. The minimum atomic E-state index is -0.928. The molecule has 21 heavy (non-hydrogen) atoms. The molecule has 1 aromatic carbocycles. The number of rotatable bonds is 4. The van der Waals surface area contributed by atoms with E-state index < -0.39 is 5.97 Å². The van der Waals surface area contributed by atoms with Gasteiger partial charge in [-0.2, -0.15) is 0 Å². The smallest absolute Gasteiger partial charge is 0.336 e. The number of aromatic carboxylic acids is 1. The van der Waals surface area contributed by atoms with Crippen molar-refractivity contribution in [3.63, 3.8) is 0 Å². The molecule has 110 valence electrons. The summed E-state index contributed by atoms with van der Waals surface area (Å²) >= 11 is 0. The summed E-state index contributed by atoms with van der Waals surface area (Å²) in [5, 5.41) is 13.3. The number of nitrogens with zero attached hydrogens (tertiary/aromatic N) is 1. The first-order valence-electron chi connectivity index (χ1n) is 7.19. The lowest BCUT2D eigenvalue weighted by Crippen LogP contribution is -2.23. The number of pyridine rings is 1. The van der Waals surface area contributed by atoms with E-state index >= 15 is 0 Å². The van der Waals surface area contributed by atoms with Gasteiger partial charge in [0, 0.05) is 25.1 Å². The Hall–Kier alpha value is -2.14. The minimum Gasteiger partial charge on any atom is -0.478 e. The second kappa shape index (κ2) is 6.10. The van der Waals surface area contributed by atoms with Crippen LogP contribution in [-0.2, 0) is 4.74 Å². The fraction of sp³-hybridized carbons (Fsp3) is 0.375. The first-order chi connectivity index (χ1) is 10.2. The Morgan fingerprint density at radius 2 is 2.10 bits per heavy atom. The Kier molecular flexibility index (Phi) is 4.01. The Balaban J connectivity index is 1.83. The summed E-state index contributed by atoms with van der Waals surface area (Å²) in [5.74, 6) is 0.251. The Morgan fingerprint density at radius 1 is 1.33 bits per heavy atom. The van der Waals surface area contributed by atoms with Crippen LogP contribution in [0.15, 0.2) is 30.3 Å². The molecule has 0 unspecified atom stereocenters. The summed E-state index contributed by atoms with van der Waals surface area (Å²) in [7, 11) is 0. The van der Waals surface area contributed by atoms with Gasteiger partial charge < -0.3 is 15.2 Å². The van der Waals surface area contributed by atoms with Crippen LogP contribution < -0.4 is 5.32 Å². The van der Waals surface area contributed by atoms with Crippen molar-refractivity contribution < 1.29 is 14.6 Å². The van der Waals surface area contributed by atoms with Gasteiger partial charge in [0.1, 0.15) is 5.82 Å². The van der Waals surface area contributed by atoms with Crippen molar-refractivity contribution in [1.82, 2.24) is 4.98 Å². The highest BCUT2D eigenvalue weighted by molar-refractivity contribution is 6.03. The van der Waals surface area contributed by atoms with E-state index in [9.17, 15) is 9.90 Å². The summed E-state index contributed by atoms with van der Waals surface area (Å²) in [4.78, 5) is 15.9. The van der Waals surface area contributed by atoms with Gasteiger partial charge in [0.05, 0.1) is 11.1 Å². The van der Waals surface area contributed by atoms with Crippen LogP contribution in [0, 0.1) is 5.92 Å². The molecule has 2 heterocycles. The topological polar surface area (TPSA) is 71.5 Å². The molecule has 2 N–H and O–H groups in total. The van der Waals surface area contributed by atoms with Gasteiger partial charge in [-0.25, -0.2) is 9.78 Å². The molecule has 1 fully saturated rings. The van der Waals surface area contributed by atoms with Gasteiger partial charge in [-0.3, -0.25) is 0 Å². The van der Waals surface area contributed by atoms with E-state index in [-0.39, 0.29) is 5.56 Å². The molecule has 1 saturated heterocycles. The maximum absolute atomic E-state index is 11.4. The molecule has 0 aliphatic carbocycles. The zero-order chi connectivity index (χ0) is 14.7. The summed E-state index contributed by atoms with van der Waals surface area (Å²) in [6, 6.07) is 8.92. The molecule has 5 heteroatoms. The van der Waals surface area contributed by atoms with Gasteiger partial charge in [-0.05, 0) is 30.9 Å². The SMILES string of the molecule is O=C(O)c1cc(NCC2CCOCC2)nc2ccccc12. The third kappa shape index (κ3) is 3.13. The second-order valence-electron chi connectivity index (χ2n) is 5.31. The highest BCUT2D eigenvalue weighted by Gasteiger charge is 2.15. The van der Waals surface area contributed by atoms with Crippen molar-refractivity contribution in [1.29, 1.82) is 0 Å². The predicted octanol–water partition coefficient (Wildman–Crippen LogP) is 2.77. The molecule has 0 bridgehead atoms. The molecule has 1 aliphatic rings. The van der Waals surface area contributed by atoms with Crippen LogP contribution in [0.2, 0.25) is 0 Å². The Bertz CT molecular complexity index is 651. The minimum absolute atomic E-state index is 0.287. The van der Waals surface area contributed by atoms with E-state index in [0.717, 1.165) is 32.6 Å². The van der Waals surface area contributed by atoms with Gasteiger partial charge in [-0.1, -0.05) is 18.2 Å². The third-order valence-electron chi connectivity index (χ3n) is 3.86. The van der Waals surface area contributed by atoms with Crippen LogP contribution in [-0.4, -0.2) is 35.8 Å². The number of benzene rings is 1. The molecular formula is C16H18N2O3. The van der Waals surface area contributed by atoms with Crippen molar-refractivity contribution >= 4 is 22.7 Å². The van der Waals surface area contributed by atoms with Gasteiger partial charge in [0.15, 0.2) is 0 Å². The lowest BCUT2D eigenvalue weighted by Gasteiger charge is -2.22. The van der Waals surface area contributed by atoms with E-state index in [0.29, 0.717) is 22.6 Å². The number of hydrogen-bond acceptors (Lipinski definition) is 4. The summed E-state index contributed by atoms with van der Waals surface area (Å²) < 4.78 is 5.34. The lowest BCUT2D eigenvalue weighted by molar-refractivity contribution is 0.0697. The fourth-order valence-corrected chi connectivity index (χ4v) is 2.64. The number of carboxylic acid groups (broad SMARTS) is 1. The number of para-hydroxylation sites is 1. The molecule has 1 aromatic heterocycles.